The number of hydrogen-bond donors (Lipinski definition) is 0. The molecule has 6 nitrogen and oxygen atoms in total. The summed E-state index contributed by atoms with van der Waals surface area (Å²) >= 11 is 12.2. The molecule has 2 amide bonds. The first kappa shape index (κ1) is 22.8. The molecule has 2 aromatic rings. The van der Waals surface area contributed by atoms with Crippen LogP contribution in [0.15, 0.2) is 51.5 Å². The van der Waals surface area contributed by atoms with Crippen molar-refractivity contribution in [3.63, 3.8) is 0 Å². The van der Waals surface area contributed by atoms with E-state index >= 15 is 0 Å². The molecule has 1 aromatic heterocycles. The predicted molar refractivity (Wildman–Crippen MR) is 118 cm³/mol. The summed E-state index contributed by atoms with van der Waals surface area (Å²) in [6.07, 6.45) is 2.01. The van der Waals surface area contributed by atoms with Crippen LogP contribution in [0.1, 0.15) is 26.0 Å². The van der Waals surface area contributed by atoms with Crippen molar-refractivity contribution in [3.05, 3.63) is 62.9 Å². The van der Waals surface area contributed by atoms with Crippen molar-refractivity contribution in [2.45, 2.75) is 20.3 Å². The lowest BCUT2D eigenvalue weighted by molar-refractivity contribution is -0.140. The van der Waals surface area contributed by atoms with Gasteiger partial charge in [-0.3, -0.25) is 14.5 Å². The molecular weight excluding hydrogens is 439 g/mol. The summed E-state index contributed by atoms with van der Waals surface area (Å²) in [4.78, 5) is 26.7. The number of carbonyl (C=O) groups excluding carboxylic acids is 2. The van der Waals surface area contributed by atoms with E-state index in [1.54, 1.807) is 37.3 Å². The molecule has 3 rings (SSSR count). The van der Waals surface area contributed by atoms with Gasteiger partial charge in [-0.25, -0.2) is 0 Å². The minimum Gasteiger partial charge on any atom is -0.457 e. The normalized spacial score (nSPS) is 15.7. The number of hydrogen-bond acceptors (Lipinski definition) is 5. The topological polar surface area (TPSA) is 83.5 Å². The molecule has 0 saturated heterocycles. The second kappa shape index (κ2) is 9.97. The van der Waals surface area contributed by atoms with E-state index in [9.17, 15) is 14.9 Å². The first-order valence-electron chi connectivity index (χ1n) is 9.69. The number of imide groups is 1. The van der Waals surface area contributed by atoms with Crippen molar-refractivity contribution in [2.24, 2.45) is 0 Å². The van der Waals surface area contributed by atoms with Gasteiger partial charge in [-0.15, -0.1) is 0 Å². The third kappa shape index (κ3) is 4.91. The van der Waals surface area contributed by atoms with E-state index in [-0.39, 0.29) is 17.7 Å². The highest BCUT2D eigenvalue weighted by Crippen LogP contribution is 2.33. The zero-order chi connectivity index (χ0) is 22.5. The maximum atomic E-state index is 13.0. The highest BCUT2D eigenvalue weighted by atomic mass is 35.5. The van der Waals surface area contributed by atoms with Crippen LogP contribution < -0.4 is 0 Å². The maximum absolute atomic E-state index is 13.0. The minimum absolute atomic E-state index is 0.0604. The van der Waals surface area contributed by atoms with Crippen molar-refractivity contribution in [1.82, 2.24) is 4.90 Å². The van der Waals surface area contributed by atoms with E-state index in [1.165, 1.54) is 6.08 Å². The van der Waals surface area contributed by atoms with E-state index < -0.39 is 11.8 Å². The number of nitrogens with zero attached hydrogens (tertiary/aromatic N) is 2. The molecule has 0 fully saturated rings. The van der Waals surface area contributed by atoms with Gasteiger partial charge >= 0.3 is 0 Å². The quantitative estimate of drug-likeness (QED) is 0.320. The van der Waals surface area contributed by atoms with Crippen LogP contribution in [0.4, 0.5) is 0 Å². The number of benzene rings is 1. The number of rotatable bonds is 7. The molecule has 0 spiro atoms. The molecule has 160 valence electrons. The van der Waals surface area contributed by atoms with Gasteiger partial charge in [0, 0.05) is 35.9 Å². The maximum Gasteiger partial charge on any atom is 0.271 e. The molecule has 0 radical (unpaired) electrons. The average Bonchev–Trinajstić information content (AvgIpc) is 3.19. The number of halogens is 2. The molecule has 0 N–H and O–H groups in total. The van der Waals surface area contributed by atoms with E-state index in [1.807, 2.05) is 13.0 Å². The van der Waals surface area contributed by atoms with Crippen LogP contribution in [0.5, 0.6) is 0 Å². The third-order valence-corrected chi connectivity index (χ3v) is 5.36. The van der Waals surface area contributed by atoms with Gasteiger partial charge in [0.15, 0.2) is 0 Å². The Morgan fingerprint density at radius 3 is 2.65 bits per heavy atom. The Hall–Kier alpha value is -2.85. The molecule has 0 saturated carbocycles. The molecule has 1 aliphatic rings. The summed E-state index contributed by atoms with van der Waals surface area (Å²) in [7, 11) is 0. The Bertz CT molecular complexity index is 1120. The SMILES string of the molecule is CCOCCCN1C(=O)C(C#N)=C(C)/C(=C\c2ccc(-c3ccc(Cl)cc3Cl)o2)C1=O. The Balaban J connectivity index is 1.93. The number of carbonyl (C=O) groups is 2. The first-order chi connectivity index (χ1) is 14.9. The summed E-state index contributed by atoms with van der Waals surface area (Å²) in [5, 5.41) is 10.4. The van der Waals surface area contributed by atoms with Gasteiger partial charge in [0.05, 0.1) is 5.02 Å². The average molecular weight is 459 g/mol. The lowest BCUT2D eigenvalue weighted by Gasteiger charge is -2.27. The van der Waals surface area contributed by atoms with Crippen LogP contribution in [-0.4, -0.2) is 36.5 Å². The minimum atomic E-state index is -0.591. The predicted octanol–water partition coefficient (Wildman–Crippen LogP) is 5.27. The van der Waals surface area contributed by atoms with Gasteiger partial charge in [-0.2, -0.15) is 5.26 Å². The molecule has 1 aromatic carbocycles. The monoisotopic (exact) mass is 458 g/mol. The summed E-state index contributed by atoms with van der Waals surface area (Å²) in [6.45, 7) is 4.58. The van der Waals surface area contributed by atoms with Gasteiger partial charge in [-0.05, 0) is 62.2 Å². The van der Waals surface area contributed by atoms with Crippen LogP contribution in [-0.2, 0) is 14.3 Å². The Morgan fingerprint density at radius 2 is 1.97 bits per heavy atom. The van der Waals surface area contributed by atoms with Crippen LogP contribution in [0, 0.1) is 11.3 Å². The third-order valence-electron chi connectivity index (χ3n) is 4.81. The first-order valence-corrected chi connectivity index (χ1v) is 10.4. The Morgan fingerprint density at radius 1 is 1.19 bits per heavy atom. The molecule has 0 bridgehead atoms. The van der Waals surface area contributed by atoms with E-state index in [2.05, 4.69) is 0 Å². The molecule has 0 aliphatic carbocycles. The molecule has 0 atom stereocenters. The highest BCUT2D eigenvalue weighted by molar-refractivity contribution is 6.36. The van der Waals surface area contributed by atoms with Crippen molar-refractivity contribution in [1.29, 1.82) is 5.26 Å². The molecule has 8 heteroatoms. The highest BCUT2D eigenvalue weighted by Gasteiger charge is 2.35. The van der Waals surface area contributed by atoms with Crippen molar-refractivity contribution >= 4 is 41.1 Å². The fourth-order valence-electron chi connectivity index (χ4n) is 3.21. The number of ether oxygens (including phenoxy) is 1. The van der Waals surface area contributed by atoms with E-state index in [0.29, 0.717) is 52.3 Å². The van der Waals surface area contributed by atoms with Crippen LogP contribution >= 0.6 is 23.2 Å². The molecule has 1 aliphatic heterocycles. The molecule has 2 heterocycles. The van der Waals surface area contributed by atoms with Crippen molar-refractivity contribution in [2.75, 3.05) is 19.8 Å². The van der Waals surface area contributed by atoms with Crippen molar-refractivity contribution < 1.29 is 18.7 Å². The second-order valence-electron chi connectivity index (χ2n) is 6.81. The zero-order valence-corrected chi connectivity index (χ0v) is 18.6. The Kier molecular flexibility index (Phi) is 7.34. The fourth-order valence-corrected chi connectivity index (χ4v) is 3.71. The number of furan rings is 1. The van der Waals surface area contributed by atoms with Gasteiger partial charge < -0.3 is 9.15 Å². The van der Waals surface area contributed by atoms with Crippen molar-refractivity contribution in [3.8, 4) is 17.4 Å². The van der Waals surface area contributed by atoms with Crippen LogP contribution in [0.2, 0.25) is 10.0 Å². The van der Waals surface area contributed by atoms with Gasteiger partial charge in [0.1, 0.15) is 23.2 Å². The number of amides is 2. The molecule has 0 unspecified atom stereocenters. The molecule has 31 heavy (non-hydrogen) atoms. The van der Waals surface area contributed by atoms with Crippen LogP contribution in [0.25, 0.3) is 17.4 Å². The zero-order valence-electron chi connectivity index (χ0n) is 17.1. The number of nitriles is 1. The summed E-state index contributed by atoms with van der Waals surface area (Å²) in [5.41, 5.74) is 1.15. The summed E-state index contributed by atoms with van der Waals surface area (Å²) < 4.78 is 11.1. The smallest absolute Gasteiger partial charge is 0.271 e. The van der Waals surface area contributed by atoms with Gasteiger partial charge in [0.25, 0.3) is 11.8 Å². The van der Waals surface area contributed by atoms with E-state index in [0.717, 1.165) is 4.90 Å². The fraction of sp³-hybridized carbons (Fsp3) is 0.261. The Labute approximate surface area is 190 Å². The van der Waals surface area contributed by atoms with Gasteiger partial charge in [0.2, 0.25) is 0 Å². The lowest BCUT2D eigenvalue weighted by atomic mass is 9.94. The van der Waals surface area contributed by atoms with Crippen LogP contribution in [0.3, 0.4) is 0 Å². The largest absolute Gasteiger partial charge is 0.457 e. The lowest BCUT2D eigenvalue weighted by Crippen LogP contribution is -2.43. The van der Waals surface area contributed by atoms with E-state index in [4.69, 9.17) is 32.4 Å². The van der Waals surface area contributed by atoms with Gasteiger partial charge in [-0.1, -0.05) is 23.2 Å². The summed E-state index contributed by atoms with van der Waals surface area (Å²) in [6, 6.07) is 10.4. The summed E-state index contributed by atoms with van der Waals surface area (Å²) in [5.74, 6) is -0.166. The molecular formula is C23H20Cl2N2O4. The standard InChI is InChI=1S/C23H20Cl2N2O4/c1-3-30-10-4-9-27-22(28)18(14(2)19(13-26)23(27)29)12-16-6-8-21(31-16)17-7-5-15(24)11-20(17)25/h5-8,11-12H,3-4,9-10H2,1-2H3/b18-12+. The second-order valence-corrected chi connectivity index (χ2v) is 7.65.